The summed E-state index contributed by atoms with van der Waals surface area (Å²) in [5.41, 5.74) is 6.74. The van der Waals surface area contributed by atoms with Gasteiger partial charge in [-0.25, -0.2) is 5.43 Å². The highest BCUT2D eigenvalue weighted by Crippen LogP contribution is 2.21. The number of hydrogen-bond donors (Lipinski definition) is 1. The van der Waals surface area contributed by atoms with E-state index in [2.05, 4.69) is 48.3 Å². The molecule has 0 saturated carbocycles. The van der Waals surface area contributed by atoms with Gasteiger partial charge >= 0.3 is 0 Å². The van der Waals surface area contributed by atoms with Crippen LogP contribution in [0, 0.1) is 0 Å². The molecule has 1 heterocycles. The first-order valence-electron chi connectivity index (χ1n) is 9.75. The van der Waals surface area contributed by atoms with Crippen LogP contribution >= 0.6 is 0 Å². The predicted octanol–water partition coefficient (Wildman–Crippen LogP) is 3.58. The van der Waals surface area contributed by atoms with Crippen molar-refractivity contribution in [3.8, 4) is 0 Å². The summed E-state index contributed by atoms with van der Waals surface area (Å²) in [5, 5.41) is 4.08. The SMILES string of the molecule is CC(C)(C)c1ccc(/C=N\NC(=O)c2ccc(CN3CCOCC3)cc2)cc1. The molecule has 1 fully saturated rings. The first kappa shape index (κ1) is 20.2. The molecule has 3 rings (SSSR count). The van der Waals surface area contributed by atoms with E-state index in [-0.39, 0.29) is 11.3 Å². The molecule has 0 aromatic heterocycles. The van der Waals surface area contributed by atoms with E-state index in [1.165, 1.54) is 11.1 Å². The summed E-state index contributed by atoms with van der Waals surface area (Å²) < 4.78 is 5.37. The van der Waals surface area contributed by atoms with Crippen molar-refractivity contribution in [1.29, 1.82) is 0 Å². The van der Waals surface area contributed by atoms with Crippen LogP contribution in [-0.4, -0.2) is 43.3 Å². The van der Waals surface area contributed by atoms with Crippen LogP contribution in [-0.2, 0) is 16.7 Å². The molecule has 148 valence electrons. The first-order chi connectivity index (χ1) is 13.4. The topological polar surface area (TPSA) is 53.9 Å². The molecule has 5 nitrogen and oxygen atoms in total. The molecule has 1 aliphatic rings. The minimum absolute atomic E-state index is 0.123. The molecule has 0 bridgehead atoms. The summed E-state index contributed by atoms with van der Waals surface area (Å²) in [6.45, 7) is 10.9. The molecule has 5 heteroatoms. The zero-order valence-electron chi connectivity index (χ0n) is 16.9. The Morgan fingerprint density at radius 3 is 2.32 bits per heavy atom. The van der Waals surface area contributed by atoms with E-state index in [0.717, 1.165) is 38.4 Å². The van der Waals surface area contributed by atoms with Gasteiger partial charge in [0.25, 0.3) is 5.91 Å². The second-order valence-corrected chi connectivity index (χ2v) is 8.16. The number of amides is 1. The smallest absolute Gasteiger partial charge is 0.271 e. The van der Waals surface area contributed by atoms with Crippen LogP contribution in [0.25, 0.3) is 0 Å². The van der Waals surface area contributed by atoms with Gasteiger partial charge in [0.15, 0.2) is 0 Å². The molecule has 0 radical (unpaired) electrons. The van der Waals surface area contributed by atoms with Gasteiger partial charge in [-0.3, -0.25) is 9.69 Å². The Balaban J connectivity index is 1.52. The van der Waals surface area contributed by atoms with Crippen LogP contribution in [0.5, 0.6) is 0 Å². The number of benzene rings is 2. The number of nitrogens with zero attached hydrogens (tertiary/aromatic N) is 2. The monoisotopic (exact) mass is 379 g/mol. The van der Waals surface area contributed by atoms with Crippen molar-refractivity contribution >= 4 is 12.1 Å². The highest BCUT2D eigenvalue weighted by atomic mass is 16.5. The Labute approximate surface area is 167 Å². The molecule has 2 aromatic rings. The molecular weight excluding hydrogens is 350 g/mol. The molecule has 0 aliphatic carbocycles. The van der Waals surface area contributed by atoms with Crippen molar-refractivity contribution < 1.29 is 9.53 Å². The lowest BCUT2D eigenvalue weighted by molar-refractivity contribution is 0.0342. The van der Waals surface area contributed by atoms with Gasteiger partial charge in [0.1, 0.15) is 0 Å². The minimum Gasteiger partial charge on any atom is -0.379 e. The molecule has 1 aliphatic heterocycles. The lowest BCUT2D eigenvalue weighted by Gasteiger charge is -2.26. The molecule has 2 aromatic carbocycles. The average Bonchev–Trinajstić information content (AvgIpc) is 2.69. The number of morpholine rings is 1. The summed E-state index contributed by atoms with van der Waals surface area (Å²) in [4.78, 5) is 14.6. The van der Waals surface area contributed by atoms with Gasteiger partial charge in [-0.1, -0.05) is 57.2 Å². The fourth-order valence-electron chi connectivity index (χ4n) is 3.08. The summed E-state index contributed by atoms with van der Waals surface area (Å²) in [5.74, 6) is -0.208. The summed E-state index contributed by atoms with van der Waals surface area (Å²) in [6.07, 6.45) is 1.66. The highest BCUT2D eigenvalue weighted by molar-refractivity contribution is 5.94. The number of hydrogen-bond acceptors (Lipinski definition) is 4. The molecule has 28 heavy (non-hydrogen) atoms. The number of carbonyl (C=O) groups excluding carboxylic acids is 1. The molecule has 1 amide bonds. The summed E-state index contributed by atoms with van der Waals surface area (Å²) in [7, 11) is 0. The lowest BCUT2D eigenvalue weighted by Crippen LogP contribution is -2.35. The van der Waals surface area contributed by atoms with Crippen LogP contribution in [0.3, 0.4) is 0 Å². The fraction of sp³-hybridized carbons (Fsp3) is 0.391. The number of carbonyl (C=O) groups is 1. The van der Waals surface area contributed by atoms with Gasteiger partial charge in [0, 0.05) is 25.2 Å². The van der Waals surface area contributed by atoms with E-state index in [1.807, 2.05) is 36.4 Å². The Kier molecular flexibility index (Phi) is 6.60. The standard InChI is InChI=1S/C23H29N3O2/c1-23(2,3)21-10-6-18(7-11-21)16-24-25-22(27)20-8-4-19(5-9-20)17-26-12-14-28-15-13-26/h4-11,16H,12-15,17H2,1-3H3,(H,25,27)/b24-16-. The van der Waals surface area contributed by atoms with Gasteiger partial charge in [-0.15, -0.1) is 0 Å². The zero-order valence-corrected chi connectivity index (χ0v) is 16.9. The number of ether oxygens (including phenoxy) is 1. The van der Waals surface area contributed by atoms with Gasteiger partial charge in [0.05, 0.1) is 19.4 Å². The van der Waals surface area contributed by atoms with Crippen molar-refractivity contribution in [3.05, 3.63) is 70.8 Å². The zero-order chi connectivity index (χ0) is 20.0. The predicted molar refractivity (Wildman–Crippen MR) is 113 cm³/mol. The van der Waals surface area contributed by atoms with E-state index in [1.54, 1.807) is 6.21 Å². The van der Waals surface area contributed by atoms with Crippen molar-refractivity contribution in [2.45, 2.75) is 32.7 Å². The van der Waals surface area contributed by atoms with Gasteiger partial charge in [-0.2, -0.15) is 5.10 Å². The maximum absolute atomic E-state index is 12.3. The second kappa shape index (κ2) is 9.13. The van der Waals surface area contributed by atoms with E-state index in [0.29, 0.717) is 5.56 Å². The quantitative estimate of drug-likeness (QED) is 0.638. The van der Waals surface area contributed by atoms with Crippen LogP contribution < -0.4 is 5.43 Å². The Morgan fingerprint density at radius 1 is 1.07 bits per heavy atom. The number of nitrogens with one attached hydrogen (secondary N) is 1. The van der Waals surface area contributed by atoms with Crippen molar-refractivity contribution in [1.82, 2.24) is 10.3 Å². The molecule has 0 atom stereocenters. The second-order valence-electron chi connectivity index (χ2n) is 8.16. The van der Waals surface area contributed by atoms with Gasteiger partial charge in [-0.05, 0) is 34.2 Å². The van der Waals surface area contributed by atoms with Crippen LogP contribution in [0.2, 0.25) is 0 Å². The van der Waals surface area contributed by atoms with Crippen LogP contribution in [0.15, 0.2) is 53.6 Å². The molecular formula is C23H29N3O2. The van der Waals surface area contributed by atoms with E-state index >= 15 is 0 Å². The van der Waals surface area contributed by atoms with E-state index in [4.69, 9.17) is 4.74 Å². The lowest BCUT2D eigenvalue weighted by atomic mass is 9.87. The Morgan fingerprint density at radius 2 is 1.71 bits per heavy atom. The van der Waals surface area contributed by atoms with Gasteiger partial charge < -0.3 is 4.74 Å². The fourth-order valence-corrected chi connectivity index (χ4v) is 3.08. The number of hydrazone groups is 1. The Bertz CT molecular complexity index is 799. The average molecular weight is 380 g/mol. The maximum atomic E-state index is 12.3. The van der Waals surface area contributed by atoms with E-state index < -0.39 is 0 Å². The molecule has 1 N–H and O–H groups in total. The number of rotatable bonds is 5. The third-order valence-corrected chi connectivity index (χ3v) is 4.88. The molecule has 1 saturated heterocycles. The molecule has 0 unspecified atom stereocenters. The highest BCUT2D eigenvalue weighted by Gasteiger charge is 2.13. The van der Waals surface area contributed by atoms with Crippen LogP contribution in [0.4, 0.5) is 0 Å². The largest absolute Gasteiger partial charge is 0.379 e. The van der Waals surface area contributed by atoms with Crippen molar-refractivity contribution in [2.75, 3.05) is 26.3 Å². The van der Waals surface area contributed by atoms with Gasteiger partial charge in [0.2, 0.25) is 0 Å². The summed E-state index contributed by atoms with van der Waals surface area (Å²) >= 11 is 0. The first-order valence-corrected chi connectivity index (χ1v) is 9.75. The molecule has 0 spiro atoms. The van der Waals surface area contributed by atoms with Crippen molar-refractivity contribution in [3.63, 3.8) is 0 Å². The third kappa shape index (κ3) is 5.75. The van der Waals surface area contributed by atoms with E-state index in [9.17, 15) is 4.79 Å². The minimum atomic E-state index is -0.208. The maximum Gasteiger partial charge on any atom is 0.271 e. The Hall–Kier alpha value is -2.50. The normalized spacial score (nSPS) is 15.7. The van der Waals surface area contributed by atoms with Crippen LogP contribution in [0.1, 0.15) is 47.8 Å². The van der Waals surface area contributed by atoms with Crippen molar-refractivity contribution in [2.24, 2.45) is 5.10 Å². The summed E-state index contributed by atoms with van der Waals surface area (Å²) in [6, 6.07) is 15.9. The third-order valence-electron chi connectivity index (χ3n) is 4.88.